The van der Waals surface area contributed by atoms with Gasteiger partial charge in [0.25, 0.3) is 0 Å². The van der Waals surface area contributed by atoms with Crippen LogP contribution < -0.4 is 0 Å². The molecule has 4 aromatic carbocycles. The highest BCUT2D eigenvalue weighted by atomic mass is 32.2. The van der Waals surface area contributed by atoms with Gasteiger partial charge >= 0.3 is 0 Å². The summed E-state index contributed by atoms with van der Waals surface area (Å²) in [6.07, 6.45) is 9.07. The molecule has 0 fully saturated rings. The number of hydrogen-bond acceptors (Lipinski definition) is 2. The molecule has 2 aliphatic rings. The van der Waals surface area contributed by atoms with Crippen molar-refractivity contribution in [3.05, 3.63) is 179 Å². The quantitative estimate of drug-likeness (QED) is 0.245. The number of allylic oxidation sites excluding steroid dienone is 4. The Kier molecular flexibility index (Phi) is 7.49. The minimum Gasteiger partial charge on any atom is -0.113 e. The van der Waals surface area contributed by atoms with Crippen LogP contribution in [0.5, 0.6) is 0 Å². The van der Waals surface area contributed by atoms with Gasteiger partial charge in [-0.2, -0.15) is 0 Å². The van der Waals surface area contributed by atoms with E-state index >= 15 is 0 Å². The Morgan fingerprint density at radius 1 is 0.421 bits per heavy atom. The van der Waals surface area contributed by atoms with Gasteiger partial charge in [0.1, 0.15) is 0 Å². The standard InChI is InChI=1S/C36H26S2/c1-5-13-29(14-6-1)33-23-27(24-34(37-33)30-15-7-2-8-16-30)21-22-28-25-35(31-17-9-3-10-18-31)38-36(26-28)32-19-11-4-12-20-32/h1-20,23-26,33,35H. The van der Waals surface area contributed by atoms with E-state index in [-0.39, 0.29) is 10.5 Å². The molecule has 0 saturated heterocycles. The molecule has 2 unspecified atom stereocenters. The summed E-state index contributed by atoms with van der Waals surface area (Å²) in [4.78, 5) is 2.50. The first-order chi connectivity index (χ1) is 18.8. The summed E-state index contributed by atoms with van der Waals surface area (Å²) in [6, 6.07) is 42.6. The van der Waals surface area contributed by atoms with Crippen LogP contribution >= 0.6 is 23.5 Å². The van der Waals surface area contributed by atoms with Gasteiger partial charge in [-0.1, -0.05) is 145 Å². The topological polar surface area (TPSA) is 0 Å². The number of benzene rings is 4. The number of hydrogen-bond donors (Lipinski definition) is 0. The summed E-state index contributed by atoms with van der Waals surface area (Å²) in [5, 5.41) is 0.452. The third kappa shape index (κ3) is 5.81. The molecule has 0 nitrogen and oxygen atoms in total. The van der Waals surface area contributed by atoms with Gasteiger partial charge in [-0.15, -0.1) is 23.5 Å². The highest BCUT2D eigenvalue weighted by Gasteiger charge is 2.20. The van der Waals surface area contributed by atoms with E-state index in [4.69, 9.17) is 0 Å². The van der Waals surface area contributed by atoms with Crippen LogP contribution in [-0.4, -0.2) is 0 Å². The third-order valence-corrected chi connectivity index (χ3v) is 9.01. The molecule has 2 heteroatoms. The monoisotopic (exact) mass is 522 g/mol. The first kappa shape index (κ1) is 24.4. The van der Waals surface area contributed by atoms with Gasteiger partial charge < -0.3 is 0 Å². The SMILES string of the molecule is C(#CC1=CC(c2ccccc2)SC(c2ccccc2)=C1)C1=CC(c2ccccc2)SC(c2ccccc2)=C1. The van der Waals surface area contributed by atoms with Crippen LogP contribution in [0.3, 0.4) is 0 Å². The lowest BCUT2D eigenvalue weighted by atomic mass is 10.0. The van der Waals surface area contributed by atoms with Gasteiger partial charge in [-0.25, -0.2) is 0 Å². The second-order valence-corrected chi connectivity index (χ2v) is 11.5. The van der Waals surface area contributed by atoms with Gasteiger partial charge in [-0.05, 0) is 34.4 Å². The molecule has 0 radical (unpaired) electrons. The maximum atomic E-state index is 3.53. The molecular formula is C36H26S2. The zero-order valence-electron chi connectivity index (χ0n) is 20.8. The van der Waals surface area contributed by atoms with Crippen LogP contribution in [0.15, 0.2) is 157 Å². The molecule has 2 heterocycles. The summed E-state index contributed by atoms with van der Waals surface area (Å²) >= 11 is 3.77. The van der Waals surface area contributed by atoms with Crippen LogP contribution in [-0.2, 0) is 0 Å². The smallest absolute Gasteiger partial charge is 0.0539 e. The van der Waals surface area contributed by atoms with Crippen molar-refractivity contribution in [3.63, 3.8) is 0 Å². The van der Waals surface area contributed by atoms with Crippen molar-refractivity contribution in [2.45, 2.75) is 10.5 Å². The number of rotatable bonds is 4. The van der Waals surface area contributed by atoms with Gasteiger partial charge in [-0.3, -0.25) is 0 Å². The molecular weight excluding hydrogens is 497 g/mol. The molecule has 0 aromatic heterocycles. The molecule has 0 bridgehead atoms. The van der Waals surface area contributed by atoms with Gasteiger partial charge in [0.15, 0.2) is 0 Å². The summed E-state index contributed by atoms with van der Waals surface area (Å²) in [7, 11) is 0. The second kappa shape index (κ2) is 11.7. The Balaban J connectivity index is 1.38. The number of thioether (sulfide) groups is 2. The fourth-order valence-electron chi connectivity index (χ4n) is 4.54. The van der Waals surface area contributed by atoms with E-state index in [9.17, 15) is 0 Å². The molecule has 2 aliphatic heterocycles. The fourth-order valence-corrected chi connectivity index (χ4v) is 7.03. The van der Waals surface area contributed by atoms with Crippen molar-refractivity contribution in [1.29, 1.82) is 0 Å². The Bertz CT molecular complexity index is 1460. The first-order valence-corrected chi connectivity index (χ1v) is 14.5. The molecule has 4 aromatic rings. The summed E-state index contributed by atoms with van der Waals surface area (Å²) in [5.74, 6) is 7.07. The summed E-state index contributed by atoms with van der Waals surface area (Å²) in [6.45, 7) is 0. The van der Waals surface area contributed by atoms with E-state index < -0.39 is 0 Å². The Morgan fingerprint density at radius 2 is 0.763 bits per heavy atom. The highest BCUT2D eigenvalue weighted by molar-refractivity contribution is 8.09. The second-order valence-electron chi connectivity index (χ2n) is 9.14. The van der Waals surface area contributed by atoms with Crippen molar-refractivity contribution < 1.29 is 0 Å². The largest absolute Gasteiger partial charge is 0.113 e. The van der Waals surface area contributed by atoms with Crippen LogP contribution in [0.1, 0.15) is 32.8 Å². The minimum absolute atomic E-state index is 0.226. The van der Waals surface area contributed by atoms with E-state index in [0.29, 0.717) is 0 Å². The Hall–Kier alpha value is -3.90. The molecule has 6 rings (SSSR count). The highest BCUT2D eigenvalue weighted by Crippen LogP contribution is 2.46. The normalized spacial score (nSPS) is 18.7. The van der Waals surface area contributed by atoms with Crippen LogP contribution in [0.2, 0.25) is 0 Å². The predicted molar refractivity (Wildman–Crippen MR) is 166 cm³/mol. The Morgan fingerprint density at radius 3 is 1.13 bits per heavy atom. The van der Waals surface area contributed by atoms with Crippen molar-refractivity contribution in [3.8, 4) is 11.8 Å². The molecule has 0 N–H and O–H groups in total. The zero-order chi connectivity index (χ0) is 25.6. The maximum absolute atomic E-state index is 3.53. The first-order valence-electron chi connectivity index (χ1n) is 12.7. The van der Waals surface area contributed by atoms with Crippen molar-refractivity contribution >= 4 is 33.3 Å². The van der Waals surface area contributed by atoms with Crippen molar-refractivity contribution in [1.82, 2.24) is 0 Å². The average Bonchev–Trinajstić information content (AvgIpc) is 3.01. The molecule has 0 spiro atoms. The van der Waals surface area contributed by atoms with Crippen LogP contribution in [0.4, 0.5) is 0 Å². The lowest BCUT2D eigenvalue weighted by molar-refractivity contribution is 1.22. The predicted octanol–water partition coefficient (Wildman–Crippen LogP) is 9.90. The van der Waals surface area contributed by atoms with Gasteiger partial charge in [0.05, 0.1) is 10.5 Å². The van der Waals surface area contributed by atoms with Crippen LogP contribution in [0.25, 0.3) is 9.81 Å². The molecule has 182 valence electrons. The minimum atomic E-state index is 0.226. The lowest BCUT2D eigenvalue weighted by Crippen LogP contribution is -1.99. The average molecular weight is 523 g/mol. The third-order valence-electron chi connectivity index (χ3n) is 6.47. The van der Waals surface area contributed by atoms with Gasteiger partial charge in [0, 0.05) is 21.0 Å². The lowest BCUT2D eigenvalue weighted by Gasteiger charge is -2.21. The fraction of sp³-hybridized carbons (Fsp3) is 0.0556. The van der Waals surface area contributed by atoms with E-state index in [2.05, 4.69) is 157 Å². The van der Waals surface area contributed by atoms with Crippen molar-refractivity contribution in [2.75, 3.05) is 0 Å². The van der Waals surface area contributed by atoms with Crippen molar-refractivity contribution in [2.24, 2.45) is 0 Å². The Labute approximate surface area is 233 Å². The summed E-state index contributed by atoms with van der Waals surface area (Å²) in [5.41, 5.74) is 7.16. The molecule has 0 saturated carbocycles. The van der Waals surface area contributed by atoms with E-state index in [1.54, 1.807) is 0 Å². The van der Waals surface area contributed by atoms with E-state index in [1.807, 2.05) is 23.5 Å². The van der Waals surface area contributed by atoms with Crippen LogP contribution in [0, 0.1) is 11.8 Å². The molecule has 38 heavy (non-hydrogen) atoms. The van der Waals surface area contributed by atoms with Gasteiger partial charge in [0.2, 0.25) is 0 Å². The maximum Gasteiger partial charge on any atom is 0.0539 e. The summed E-state index contributed by atoms with van der Waals surface area (Å²) < 4.78 is 0. The van der Waals surface area contributed by atoms with E-state index in [1.165, 1.54) is 32.1 Å². The molecule has 0 amide bonds. The zero-order valence-corrected chi connectivity index (χ0v) is 22.5. The molecule has 2 atom stereocenters. The van der Waals surface area contributed by atoms with E-state index in [0.717, 1.165) is 11.1 Å². The molecule has 0 aliphatic carbocycles.